The van der Waals surface area contributed by atoms with Gasteiger partial charge in [0.25, 0.3) is 5.91 Å². The Kier molecular flexibility index (Phi) is 7.53. The lowest BCUT2D eigenvalue weighted by Gasteiger charge is -2.11. The summed E-state index contributed by atoms with van der Waals surface area (Å²) in [5.74, 6) is -0.0390. The summed E-state index contributed by atoms with van der Waals surface area (Å²) in [4.78, 5) is 12.6. The third-order valence-electron chi connectivity index (χ3n) is 4.04. The van der Waals surface area contributed by atoms with E-state index in [1.54, 1.807) is 42.5 Å². The maximum absolute atomic E-state index is 12.6. The van der Waals surface area contributed by atoms with Gasteiger partial charge in [-0.1, -0.05) is 63.4 Å². The first-order valence-electron chi connectivity index (χ1n) is 8.81. The van der Waals surface area contributed by atoms with Crippen molar-refractivity contribution in [2.24, 2.45) is 0 Å². The van der Waals surface area contributed by atoms with E-state index in [4.69, 9.17) is 27.9 Å². The van der Waals surface area contributed by atoms with Gasteiger partial charge < -0.3 is 10.1 Å². The number of hydrogen-bond acceptors (Lipinski definition) is 3. The number of amides is 1. The molecule has 150 valence electrons. The van der Waals surface area contributed by atoms with Gasteiger partial charge >= 0.3 is 0 Å². The van der Waals surface area contributed by atoms with Gasteiger partial charge in [0.1, 0.15) is 24.0 Å². The minimum Gasteiger partial charge on any atom is -0.488 e. The summed E-state index contributed by atoms with van der Waals surface area (Å²) < 4.78 is 6.69. The molecular weight excluding hydrogens is 487 g/mol. The molecule has 4 nitrogen and oxygen atoms in total. The van der Waals surface area contributed by atoms with Crippen molar-refractivity contribution in [1.29, 1.82) is 5.26 Å². The number of anilines is 1. The van der Waals surface area contributed by atoms with E-state index in [0.717, 1.165) is 10.0 Å². The van der Waals surface area contributed by atoms with Crippen molar-refractivity contribution in [3.8, 4) is 11.8 Å². The molecule has 0 aliphatic carbocycles. The smallest absolute Gasteiger partial charge is 0.266 e. The number of carbonyl (C=O) groups is 1. The predicted molar refractivity (Wildman–Crippen MR) is 124 cm³/mol. The first-order valence-corrected chi connectivity index (χ1v) is 10.4. The molecular formula is C23H15BrCl2N2O2. The lowest BCUT2D eigenvalue weighted by Crippen LogP contribution is -2.13. The summed E-state index contributed by atoms with van der Waals surface area (Å²) in [5.41, 5.74) is 1.83. The van der Waals surface area contributed by atoms with Gasteiger partial charge in [-0.2, -0.15) is 5.26 Å². The van der Waals surface area contributed by atoms with Crippen molar-refractivity contribution in [3.05, 3.63) is 97.9 Å². The van der Waals surface area contributed by atoms with E-state index in [-0.39, 0.29) is 12.2 Å². The van der Waals surface area contributed by atoms with Gasteiger partial charge in [0.05, 0.1) is 10.7 Å². The number of para-hydroxylation sites is 1. The quantitative estimate of drug-likeness (QED) is 0.295. The average Bonchev–Trinajstić information content (AvgIpc) is 2.73. The molecule has 30 heavy (non-hydrogen) atoms. The zero-order valence-electron chi connectivity index (χ0n) is 15.5. The van der Waals surface area contributed by atoms with Crippen LogP contribution in [-0.2, 0) is 11.4 Å². The SMILES string of the molecule is N#C/C(=C\c1cc(Br)ccc1OCc1cccc(Cl)c1)C(=O)Nc1ccccc1Cl. The molecule has 0 aliphatic heterocycles. The summed E-state index contributed by atoms with van der Waals surface area (Å²) in [7, 11) is 0. The number of hydrogen-bond donors (Lipinski definition) is 1. The first kappa shape index (κ1) is 21.9. The summed E-state index contributed by atoms with van der Waals surface area (Å²) >= 11 is 15.5. The van der Waals surface area contributed by atoms with E-state index in [1.165, 1.54) is 6.08 Å². The number of halogens is 3. The van der Waals surface area contributed by atoms with Crippen LogP contribution in [0.5, 0.6) is 5.75 Å². The van der Waals surface area contributed by atoms with Gasteiger partial charge in [0, 0.05) is 15.1 Å². The molecule has 0 radical (unpaired) electrons. The highest BCUT2D eigenvalue weighted by molar-refractivity contribution is 9.10. The number of ether oxygens (including phenoxy) is 1. The van der Waals surface area contributed by atoms with Crippen LogP contribution in [0.2, 0.25) is 10.0 Å². The minimum atomic E-state index is -0.564. The van der Waals surface area contributed by atoms with Crippen LogP contribution in [0.25, 0.3) is 6.08 Å². The van der Waals surface area contributed by atoms with E-state index < -0.39 is 5.91 Å². The zero-order chi connectivity index (χ0) is 21.5. The number of carbonyl (C=O) groups excluding carboxylic acids is 1. The second kappa shape index (κ2) is 10.3. The minimum absolute atomic E-state index is 0.0828. The van der Waals surface area contributed by atoms with Crippen molar-refractivity contribution >= 4 is 56.8 Å². The Morgan fingerprint density at radius 2 is 1.90 bits per heavy atom. The van der Waals surface area contributed by atoms with Crippen molar-refractivity contribution in [3.63, 3.8) is 0 Å². The molecule has 0 aliphatic rings. The normalized spacial score (nSPS) is 10.9. The van der Waals surface area contributed by atoms with Gasteiger partial charge in [-0.25, -0.2) is 0 Å². The number of nitrogens with zero attached hydrogens (tertiary/aromatic N) is 1. The molecule has 0 aromatic heterocycles. The van der Waals surface area contributed by atoms with Gasteiger partial charge in [-0.05, 0) is 54.1 Å². The van der Waals surface area contributed by atoms with Gasteiger partial charge in [-0.3, -0.25) is 4.79 Å². The molecule has 0 spiro atoms. The molecule has 0 heterocycles. The third-order valence-corrected chi connectivity index (χ3v) is 5.10. The highest BCUT2D eigenvalue weighted by Crippen LogP contribution is 2.27. The largest absolute Gasteiger partial charge is 0.488 e. The number of nitrogens with one attached hydrogen (secondary N) is 1. The van der Waals surface area contributed by atoms with Crippen LogP contribution in [0.4, 0.5) is 5.69 Å². The Morgan fingerprint density at radius 1 is 1.10 bits per heavy atom. The standard InChI is InChI=1S/C23H15BrCl2N2O2/c24-18-8-9-22(30-14-15-4-3-5-19(25)10-15)16(12-18)11-17(13-27)23(29)28-21-7-2-1-6-20(21)26/h1-12H,14H2,(H,28,29)/b17-11+. The van der Waals surface area contributed by atoms with Crippen molar-refractivity contribution in [2.75, 3.05) is 5.32 Å². The maximum atomic E-state index is 12.6. The van der Waals surface area contributed by atoms with E-state index >= 15 is 0 Å². The topological polar surface area (TPSA) is 62.1 Å². The summed E-state index contributed by atoms with van der Waals surface area (Å²) in [6, 6.07) is 21.5. The van der Waals surface area contributed by atoms with Crippen molar-refractivity contribution < 1.29 is 9.53 Å². The molecule has 0 unspecified atom stereocenters. The van der Waals surface area contributed by atoms with Crippen LogP contribution >= 0.6 is 39.1 Å². The molecule has 0 atom stereocenters. The molecule has 3 aromatic carbocycles. The number of rotatable bonds is 6. The second-order valence-electron chi connectivity index (χ2n) is 6.20. The molecule has 0 bridgehead atoms. The second-order valence-corrected chi connectivity index (χ2v) is 7.96. The van der Waals surface area contributed by atoms with E-state index in [2.05, 4.69) is 21.2 Å². The fourth-order valence-electron chi connectivity index (χ4n) is 2.61. The lowest BCUT2D eigenvalue weighted by atomic mass is 10.1. The van der Waals surface area contributed by atoms with Crippen LogP contribution in [0.15, 0.2) is 76.8 Å². The Balaban J connectivity index is 1.84. The molecule has 1 amide bonds. The molecule has 0 saturated carbocycles. The lowest BCUT2D eigenvalue weighted by molar-refractivity contribution is -0.112. The number of benzene rings is 3. The third kappa shape index (κ3) is 5.87. The summed E-state index contributed by atoms with van der Waals surface area (Å²) in [5, 5.41) is 13.2. The fourth-order valence-corrected chi connectivity index (χ4v) is 3.38. The van der Waals surface area contributed by atoms with Gasteiger partial charge in [0.15, 0.2) is 0 Å². The van der Waals surface area contributed by atoms with Crippen LogP contribution in [0.1, 0.15) is 11.1 Å². The Hall–Kier alpha value is -2.78. The Labute approximate surface area is 192 Å². The van der Waals surface area contributed by atoms with E-state index in [9.17, 15) is 10.1 Å². The summed E-state index contributed by atoms with van der Waals surface area (Å²) in [6.07, 6.45) is 1.48. The van der Waals surface area contributed by atoms with Crippen molar-refractivity contribution in [2.45, 2.75) is 6.61 Å². The molecule has 7 heteroatoms. The average molecular weight is 502 g/mol. The van der Waals surface area contributed by atoms with E-state index in [1.807, 2.05) is 30.3 Å². The van der Waals surface area contributed by atoms with Crippen LogP contribution in [-0.4, -0.2) is 5.91 Å². The molecule has 3 aromatic rings. The highest BCUT2D eigenvalue weighted by Gasteiger charge is 2.13. The molecule has 1 N–H and O–H groups in total. The molecule has 3 rings (SSSR count). The monoisotopic (exact) mass is 500 g/mol. The Morgan fingerprint density at radius 3 is 2.63 bits per heavy atom. The van der Waals surface area contributed by atoms with Crippen LogP contribution < -0.4 is 10.1 Å². The van der Waals surface area contributed by atoms with Gasteiger partial charge in [0.2, 0.25) is 0 Å². The van der Waals surface area contributed by atoms with Gasteiger partial charge in [-0.15, -0.1) is 0 Å². The van der Waals surface area contributed by atoms with Crippen LogP contribution in [0.3, 0.4) is 0 Å². The first-order chi connectivity index (χ1) is 14.5. The molecule has 0 fully saturated rings. The predicted octanol–water partition coefficient (Wildman–Crippen LogP) is 6.88. The zero-order valence-corrected chi connectivity index (χ0v) is 18.6. The molecule has 0 saturated heterocycles. The maximum Gasteiger partial charge on any atom is 0.266 e. The summed E-state index contributed by atoms with van der Waals surface area (Å²) in [6.45, 7) is 0.288. The van der Waals surface area contributed by atoms with Crippen LogP contribution in [0, 0.1) is 11.3 Å². The van der Waals surface area contributed by atoms with Crippen molar-refractivity contribution in [1.82, 2.24) is 0 Å². The Bertz CT molecular complexity index is 1160. The number of nitriles is 1. The highest BCUT2D eigenvalue weighted by atomic mass is 79.9. The fraction of sp³-hybridized carbons (Fsp3) is 0.0435. The van der Waals surface area contributed by atoms with E-state index in [0.29, 0.717) is 27.0 Å².